The van der Waals surface area contributed by atoms with E-state index in [0.29, 0.717) is 0 Å². The van der Waals surface area contributed by atoms with E-state index < -0.39 is 0 Å². The third-order valence-corrected chi connectivity index (χ3v) is 1.50. The molecule has 0 aromatic carbocycles. The molecule has 0 saturated heterocycles. The fraction of sp³-hybridized carbons (Fsp3) is 0.500. The fourth-order valence-electron chi connectivity index (χ4n) is 0.379. The van der Waals surface area contributed by atoms with Gasteiger partial charge in [0.25, 0.3) is 0 Å². The zero-order valence-electron chi connectivity index (χ0n) is 4.48. The maximum Gasteiger partial charge on any atom is 1.00 e. The van der Waals surface area contributed by atoms with Crippen molar-refractivity contribution in [3.05, 3.63) is 6.92 Å². The van der Waals surface area contributed by atoms with Crippen molar-refractivity contribution in [2.75, 3.05) is 12.3 Å². The third-order valence-electron chi connectivity index (χ3n) is 0.648. The zero-order valence-corrected chi connectivity index (χ0v) is 5.29. The number of thioether (sulfide) groups is 1. The molecule has 34 valence electrons. The van der Waals surface area contributed by atoms with Gasteiger partial charge in [0.15, 0.2) is 0 Å². The van der Waals surface area contributed by atoms with E-state index in [1.807, 2.05) is 0 Å². The van der Waals surface area contributed by atoms with Gasteiger partial charge in [0.1, 0.15) is 0 Å². The number of nitrogens with zero attached hydrogens (tertiary/aromatic N) is 1. The predicted molar refractivity (Wildman–Crippen MR) is 30.1 cm³/mol. The van der Waals surface area contributed by atoms with Crippen LogP contribution in [0, 0.1) is 6.92 Å². The first kappa shape index (κ1) is 7.49. The number of hydrogen-bond donors (Lipinski definition) is 0. The Morgan fingerprint density at radius 3 is 2.57 bits per heavy atom. The summed E-state index contributed by atoms with van der Waals surface area (Å²) in [5.41, 5.74) is 0. The first-order valence-electron chi connectivity index (χ1n) is 1.89. The molecular weight excluding hydrogens is 101 g/mol. The van der Waals surface area contributed by atoms with Crippen LogP contribution in [0.1, 0.15) is 0 Å². The molecule has 0 atom stereocenters. The molecule has 0 amide bonds. The topological polar surface area (TPSA) is 12.4 Å². The number of hydrogen-bond acceptors (Lipinski definition) is 2. The van der Waals surface area contributed by atoms with E-state index in [1.54, 1.807) is 11.8 Å². The van der Waals surface area contributed by atoms with Crippen molar-refractivity contribution >= 4 is 16.8 Å². The summed E-state index contributed by atoms with van der Waals surface area (Å²) in [6.07, 6.45) is 0. The van der Waals surface area contributed by atoms with Crippen molar-refractivity contribution in [3.63, 3.8) is 0 Å². The second kappa shape index (κ2) is 3.48. The number of rotatable bonds is 0. The van der Waals surface area contributed by atoms with E-state index in [0.717, 1.165) is 17.3 Å². The van der Waals surface area contributed by atoms with Gasteiger partial charge in [-0.2, -0.15) is 0 Å². The molecule has 7 heavy (non-hydrogen) atoms. The Balaban J connectivity index is 0.000000360. The van der Waals surface area contributed by atoms with Crippen molar-refractivity contribution in [1.82, 2.24) is 0 Å². The zero-order chi connectivity index (χ0) is 4.41. The summed E-state index contributed by atoms with van der Waals surface area (Å²) in [6, 6.07) is 0. The van der Waals surface area contributed by atoms with Crippen molar-refractivity contribution in [2.24, 2.45) is 4.99 Å². The molecule has 1 aliphatic heterocycles. The second-order valence-corrected chi connectivity index (χ2v) is 2.29. The summed E-state index contributed by atoms with van der Waals surface area (Å²) in [5.74, 6) is 1.14. The summed E-state index contributed by atoms with van der Waals surface area (Å²) in [4.78, 5) is 4.00. The van der Waals surface area contributed by atoms with Crippen molar-refractivity contribution < 1.29 is 18.9 Å². The molecule has 0 aromatic heterocycles. The van der Waals surface area contributed by atoms with Crippen LogP contribution in [0.2, 0.25) is 0 Å². The summed E-state index contributed by atoms with van der Waals surface area (Å²) >= 11 is 1.74. The van der Waals surface area contributed by atoms with Crippen molar-refractivity contribution in [3.8, 4) is 0 Å². The monoisotopic (exact) mass is 107 g/mol. The Hall–Kier alpha value is 0.487. The molecule has 0 aliphatic carbocycles. The molecular formula is C4H6LiNS. The molecule has 0 radical (unpaired) electrons. The molecule has 0 unspecified atom stereocenters. The number of aliphatic imine (C=N–C) groups is 1. The normalized spacial score (nSPS) is 18.0. The average molecular weight is 107 g/mol. The molecule has 0 spiro atoms. The Bertz CT molecular complexity index is 81.8. The van der Waals surface area contributed by atoms with Gasteiger partial charge in [-0.25, -0.2) is 0 Å². The van der Waals surface area contributed by atoms with Crippen LogP contribution in [0.3, 0.4) is 0 Å². The van der Waals surface area contributed by atoms with Gasteiger partial charge in [-0.3, -0.25) is 0 Å². The Kier molecular flexibility index (Phi) is 3.73. The maximum atomic E-state index is 4.00. The first-order valence-corrected chi connectivity index (χ1v) is 2.87. The second-order valence-electron chi connectivity index (χ2n) is 1.12. The Morgan fingerprint density at radius 1 is 1.71 bits per heavy atom. The molecule has 1 heterocycles. The molecule has 3 heteroatoms. The first-order chi connectivity index (χ1) is 2.89. The van der Waals surface area contributed by atoms with Crippen LogP contribution < -0.4 is 18.9 Å². The van der Waals surface area contributed by atoms with Gasteiger partial charge in [0.05, 0.1) is 0 Å². The van der Waals surface area contributed by atoms with Crippen LogP contribution in [-0.2, 0) is 0 Å². The van der Waals surface area contributed by atoms with E-state index in [2.05, 4.69) is 11.9 Å². The van der Waals surface area contributed by atoms with Crippen LogP contribution in [-0.4, -0.2) is 17.3 Å². The van der Waals surface area contributed by atoms with Gasteiger partial charge < -0.3 is 11.9 Å². The average Bonchev–Trinajstić information content (AvgIpc) is 1.86. The Labute approximate surface area is 60.1 Å². The molecule has 1 rings (SSSR count). The maximum absolute atomic E-state index is 4.00. The molecule has 1 aliphatic rings. The van der Waals surface area contributed by atoms with E-state index >= 15 is 0 Å². The van der Waals surface area contributed by atoms with E-state index in [4.69, 9.17) is 0 Å². The van der Waals surface area contributed by atoms with E-state index in [9.17, 15) is 0 Å². The summed E-state index contributed by atoms with van der Waals surface area (Å²) < 4.78 is 0. The van der Waals surface area contributed by atoms with Gasteiger partial charge in [-0.15, -0.1) is 11.8 Å². The van der Waals surface area contributed by atoms with Gasteiger partial charge >= 0.3 is 18.9 Å². The summed E-state index contributed by atoms with van der Waals surface area (Å²) in [6.45, 7) is 4.63. The predicted octanol–water partition coefficient (Wildman–Crippen LogP) is -2.03. The van der Waals surface area contributed by atoms with E-state index in [-0.39, 0.29) is 18.9 Å². The fourth-order valence-corrected chi connectivity index (χ4v) is 0.980. The molecule has 0 aromatic rings. The minimum Gasteiger partial charge on any atom is -0.351 e. The van der Waals surface area contributed by atoms with Crippen molar-refractivity contribution in [2.45, 2.75) is 0 Å². The van der Waals surface area contributed by atoms with Crippen LogP contribution in [0.15, 0.2) is 4.99 Å². The molecule has 0 bridgehead atoms. The largest absolute Gasteiger partial charge is 1.00 e. The summed E-state index contributed by atoms with van der Waals surface area (Å²) in [7, 11) is 0. The molecule has 1 nitrogen and oxygen atoms in total. The minimum absolute atomic E-state index is 0. The van der Waals surface area contributed by atoms with Crippen molar-refractivity contribution in [1.29, 1.82) is 0 Å². The molecule has 0 N–H and O–H groups in total. The molecule has 0 fully saturated rings. The van der Waals surface area contributed by atoms with Gasteiger partial charge in [0, 0.05) is 12.3 Å². The Morgan fingerprint density at radius 2 is 2.43 bits per heavy atom. The van der Waals surface area contributed by atoms with Gasteiger partial charge in [0.2, 0.25) is 0 Å². The van der Waals surface area contributed by atoms with Crippen LogP contribution >= 0.6 is 11.8 Å². The third kappa shape index (κ3) is 2.33. The minimum atomic E-state index is 0. The van der Waals surface area contributed by atoms with Crippen LogP contribution in [0.4, 0.5) is 0 Å². The van der Waals surface area contributed by atoms with E-state index in [1.165, 1.54) is 0 Å². The van der Waals surface area contributed by atoms with Gasteiger partial charge in [-0.05, 0) is 0 Å². The van der Waals surface area contributed by atoms with Crippen LogP contribution in [0.5, 0.6) is 0 Å². The smallest absolute Gasteiger partial charge is 0.351 e. The standard InChI is InChI=1S/C4H6NS.Li/c1-4-5-2-3-6-4;/h1-3H2;/q-1;+1. The SMILES string of the molecule is [CH2-]C1=NCCS1.[Li+]. The molecule has 0 saturated carbocycles. The van der Waals surface area contributed by atoms with Gasteiger partial charge in [-0.1, -0.05) is 5.04 Å². The van der Waals surface area contributed by atoms with Crippen LogP contribution in [0.25, 0.3) is 0 Å². The quantitative estimate of drug-likeness (QED) is 0.257. The summed E-state index contributed by atoms with van der Waals surface area (Å²) in [5, 5.41) is 0.995.